The first-order valence-corrected chi connectivity index (χ1v) is 4.53. The predicted octanol–water partition coefficient (Wildman–Crippen LogP) is 2.89. The molecule has 0 aromatic heterocycles. The molecule has 0 fully saturated rings. The van der Waals surface area contributed by atoms with E-state index in [4.69, 9.17) is 36.4 Å². The summed E-state index contributed by atoms with van der Waals surface area (Å²) in [5, 5.41) is 3.60. The van der Waals surface area contributed by atoms with Gasteiger partial charge in [0.1, 0.15) is 0 Å². The Balaban J connectivity index is 2.93. The zero-order valence-corrected chi connectivity index (χ0v) is 8.82. The normalized spacial score (nSPS) is 9.50. The van der Waals surface area contributed by atoms with Gasteiger partial charge in [0.25, 0.3) is 0 Å². The van der Waals surface area contributed by atoms with Crippen LogP contribution in [-0.2, 0) is 12.6 Å². The molecule has 0 heterocycles. The molecule has 0 amide bonds. The third kappa shape index (κ3) is 2.59. The van der Waals surface area contributed by atoms with Crippen molar-refractivity contribution in [3.8, 4) is 0 Å². The van der Waals surface area contributed by atoms with E-state index in [1.165, 1.54) is 0 Å². The Morgan fingerprint density at radius 2 is 2.25 bits per heavy atom. The van der Waals surface area contributed by atoms with Crippen molar-refractivity contribution < 1.29 is 0 Å². The third-order valence-corrected chi connectivity index (χ3v) is 1.86. The molecule has 0 aliphatic heterocycles. The molecular weight excluding hydrogens is 210 g/mol. The summed E-state index contributed by atoms with van der Waals surface area (Å²) in [6, 6.07) is 5.51. The summed E-state index contributed by atoms with van der Waals surface area (Å²) in [5.41, 5.74) is 1.95. The Morgan fingerprint density at radius 3 is 2.75 bits per heavy atom. The zero-order chi connectivity index (χ0) is 9.14. The molecule has 0 unspecified atom stereocenters. The third-order valence-electron chi connectivity index (χ3n) is 1.43. The Bertz CT molecular complexity index is 312. The highest BCUT2D eigenvalue weighted by Crippen LogP contribution is 2.19. The van der Waals surface area contributed by atoms with Crippen molar-refractivity contribution >= 4 is 46.5 Å². The molecule has 0 saturated carbocycles. The Morgan fingerprint density at radius 1 is 1.58 bits per heavy atom. The first kappa shape index (κ1) is 9.71. The topological polar surface area (TPSA) is 12.0 Å². The van der Waals surface area contributed by atoms with E-state index in [1.54, 1.807) is 6.07 Å². The maximum Gasteiger partial charge on any atom is 0.0410 e. The lowest BCUT2D eigenvalue weighted by Crippen LogP contribution is -2.05. The fourth-order valence-electron chi connectivity index (χ4n) is 0.877. The number of anilines is 1. The van der Waals surface area contributed by atoms with Crippen LogP contribution >= 0.6 is 23.8 Å². The van der Waals surface area contributed by atoms with Gasteiger partial charge in [-0.25, -0.2) is 0 Å². The molecule has 12 heavy (non-hydrogen) atoms. The molecule has 0 atom stereocenters. The standard InChI is InChI=1S/C8H8ClNS2/c1-5-4-6(9)2-3-7(5)10-8(11)12/h2-4H,1H3,(H2,10,11,12)/p-1. The number of nitrogens with one attached hydrogen (secondary N) is 1. The minimum Gasteiger partial charge on any atom is -0.411 e. The molecule has 0 aliphatic rings. The van der Waals surface area contributed by atoms with Gasteiger partial charge in [0.15, 0.2) is 0 Å². The van der Waals surface area contributed by atoms with E-state index in [1.807, 2.05) is 19.1 Å². The number of thiocarbonyl (C=S) groups is 1. The van der Waals surface area contributed by atoms with Crippen molar-refractivity contribution in [3.05, 3.63) is 28.8 Å². The van der Waals surface area contributed by atoms with E-state index in [9.17, 15) is 0 Å². The molecule has 1 aromatic carbocycles. The van der Waals surface area contributed by atoms with Crippen LogP contribution in [0.4, 0.5) is 5.69 Å². The van der Waals surface area contributed by atoms with Crippen LogP contribution in [0.3, 0.4) is 0 Å². The molecule has 1 rings (SSSR count). The molecular formula is C8H7ClNS2-. The molecule has 4 heteroatoms. The van der Waals surface area contributed by atoms with Crippen LogP contribution < -0.4 is 5.32 Å². The predicted molar refractivity (Wildman–Crippen MR) is 59.8 cm³/mol. The molecule has 1 N–H and O–H groups in total. The maximum atomic E-state index is 5.77. The van der Waals surface area contributed by atoms with Crippen molar-refractivity contribution in [2.24, 2.45) is 0 Å². The molecule has 1 nitrogen and oxygen atoms in total. The maximum absolute atomic E-state index is 5.77. The van der Waals surface area contributed by atoms with E-state index in [2.05, 4.69) is 5.32 Å². The van der Waals surface area contributed by atoms with Crippen LogP contribution in [-0.4, -0.2) is 4.32 Å². The van der Waals surface area contributed by atoms with Gasteiger partial charge in [-0.15, -0.1) is 0 Å². The van der Waals surface area contributed by atoms with Crippen LogP contribution in [0.15, 0.2) is 18.2 Å². The van der Waals surface area contributed by atoms with Gasteiger partial charge in [0.2, 0.25) is 0 Å². The number of halogens is 1. The summed E-state index contributed by atoms with van der Waals surface area (Å²) in [4.78, 5) is 0. The Labute approximate surface area is 87.5 Å². The Hall–Kier alpha value is -0.380. The zero-order valence-electron chi connectivity index (χ0n) is 6.43. The summed E-state index contributed by atoms with van der Waals surface area (Å²) >= 11 is 15.2. The lowest BCUT2D eigenvalue weighted by Gasteiger charge is -2.12. The van der Waals surface area contributed by atoms with Crippen molar-refractivity contribution in [2.45, 2.75) is 6.92 Å². The molecule has 0 spiro atoms. The Kier molecular flexibility index (Phi) is 3.26. The SMILES string of the molecule is Cc1cc(Cl)ccc1NC(=S)[S-]. The van der Waals surface area contributed by atoms with E-state index in [0.717, 1.165) is 11.3 Å². The van der Waals surface area contributed by atoms with Crippen molar-refractivity contribution in [2.75, 3.05) is 5.32 Å². The quantitative estimate of drug-likeness (QED) is 0.573. The van der Waals surface area contributed by atoms with Crippen LogP contribution in [0, 0.1) is 6.92 Å². The van der Waals surface area contributed by atoms with Crippen molar-refractivity contribution in [3.63, 3.8) is 0 Å². The lowest BCUT2D eigenvalue weighted by molar-refractivity contribution is 1.46. The summed E-state index contributed by atoms with van der Waals surface area (Å²) in [5.74, 6) is 0. The van der Waals surface area contributed by atoms with E-state index in [0.29, 0.717) is 9.34 Å². The summed E-state index contributed by atoms with van der Waals surface area (Å²) < 4.78 is 0.348. The van der Waals surface area contributed by atoms with Gasteiger partial charge < -0.3 is 30.2 Å². The highest BCUT2D eigenvalue weighted by Gasteiger charge is 1.95. The van der Waals surface area contributed by atoms with Gasteiger partial charge in [0.05, 0.1) is 0 Å². The summed E-state index contributed by atoms with van der Waals surface area (Å²) in [7, 11) is 0. The molecule has 1 aromatic rings. The second kappa shape index (κ2) is 4.03. The van der Waals surface area contributed by atoms with Gasteiger partial charge in [0, 0.05) is 10.7 Å². The molecule has 0 bridgehead atoms. The van der Waals surface area contributed by atoms with Gasteiger partial charge in [-0.2, -0.15) is 0 Å². The van der Waals surface area contributed by atoms with Gasteiger partial charge in [-0.1, -0.05) is 15.9 Å². The van der Waals surface area contributed by atoms with Crippen molar-refractivity contribution in [1.29, 1.82) is 0 Å². The fraction of sp³-hybridized carbons (Fsp3) is 0.125. The fourth-order valence-corrected chi connectivity index (χ4v) is 1.32. The largest absolute Gasteiger partial charge is 0.411 e. The van der Waals surface area contributed by atoms with Gasteiger partial charge in [-0.3, -0.25) is 0 Å². The summed E-state index contributed by atoms with van der Waals surface area (Å²) in [6.45, 7) is 1.95. The van der Waals surface area contributed by atoms with Crippen LogP contribution in [0.1, 0.15) is 5.56 Å². The first-order chi connectivity index (χ1) is 5.59. The number of aryl methyl sites for hydroxylation is 1. The van der Waals surface area contributed by atoms with E-state index in [-0.39, 0.29) is 0 Å². The molecule has 64 valence electrons. The number of hydrogen-bond donors (Lipinski definition) is 1. The molecule has 0 aliphatic carbocycles. The van der Waals surface area contributed by atoms with Gasteiger partial charge in [-0.05, 0) is 30.7 Å². The first-order valence-electron chi connectivity index (χ1n) is 3.34. The molecule has 0 radical (unpaired) electrons. The smallest absolute Gasteiger partial charge is 0.0410 e. The van der Waals surface area contributed by atoms with E-state index >= 15 is 0 Å². The summed E-state index contributed by atoms with van der Waals surface area (Å²) in [6.07, 6.45) is 0. The van der Waals surface area contributed by atoms with Gasteiger partial charge >= 0.3 is 0 Å². The average Bonchev–Trinajstić information content (AvgIpc) is 1.94. The van der Waals surface area contributed by atoms with Crippen LogP contribution in [0.5, 0.6) is 0 Å². The number of hydrogen-bond acceptors (Lipinski definition) is 2. The lowest BCUT2D eigenvalue weighted by atomic mass is 10.2. The van der Waals surface area contributed by atoms with Crippen molar-refractivity contribution in [1.82, 2.24) is 0 Å². The van der Waals surface area contributed by atoms with Crippen LogP contribution in [0.2, 0.25) is 5.02 Å². The molecule has 0 saturated heterocycles. The second-order valence-corrected chi connectivity index (χ2v) is 3.88. The highest BCUT2D eigenvalue weighted by molar-refractivity contribution is 8.00. The highest BCUT2D eigenvalue weighted by atomic mass is 35.5. The minimum atomic E-state index is 0.348. The number of rotatable bonds is 1. The second-order valence-electron chi connectivity index (χ2n) is 2.37. The van der Waals surface area contributed by atoms with Crippen LogP contribution in [0.25, 0.3) is 0 Å². The number of benzene rings is 1. The average molecular weight is 217 g/mol. The monoisotopic (exact) mass is 216 g/mol. The minimum absolute atomic E-state index is 0.348. The van der Waals surface area contributed by atoms with E-state index < -0.39 is 0 Å².